The van der Waals surface area contributed by atoms with Crippen LogP contribution in [0.1, 0.15) is 122 Å². The molecule has 0 atom stereocenters. The van der Waals surface area contributed by atoms with Crippen molar-refractivity contribution < 1.29 is 5.11 Å². The van der Waals surface area contributed by atoms with Crippen LogP contribution in [-0.2, 0) is 0 Å². The molecule has 4 saturated carbocycles. The Hall–Kier alpha value is 0.321. The van der Waals surface area contributed by atoms with Gasteiger partial charge in [0.1, 0.15) is 0 Å². The van der Waals surface area contributed by atoms with E-state index in [1.807, 2.05) is 0 Å². The van der Waals surface area contributed by atoms with Crippen LogP contribution in [0.25, 0.3) is 0 Å². The first-order valence-corrected chi connectivity index (χ1v) is 22.5. The summed E-state index contributed by atoms with van der Waals surface area (Å²) in [6, 6.07) is 0. The van der Waals surface area contributed by atoms with Crippen molar-refractivity contribution in [2.24, 2.45) is 23.2 Å². The Morgan fingerprint density at radius 1 is 0.606 bits per heavy atom. The van der Waals surface area contributed by atoms with Gasteiger partial charge in [-0.2, -0.15) is 0 Å². The van der Waals surface area contributed by atoms with Gasteiger partial charge >= 0.3 is 0 Å². The molecule has 4 aliphatic rings. The summed E-state index contributed by atoms with van der Waals surface area (Å²) in [5.74, 6) is 2.66. The van der Waals surface area contributed by atoms with Gasteiger partial charge in [-0.1, -0.05) is 96.2 Å². The Balaban J connectivity index is 2.45. The Bertz CT molecular complexity index is 691. The predicted octanol–water partition coefficient (Wildman–Crippen LogP) is 9.30. The van der Waals surface area contributed by atoms with Crippen LogP contribution in [0.5, 0.6) is 0 Å². The van der Waals surface area contributed by atoms with Crippen molar-refractivity contribution in [3.05, 3.63) is 0 Å². The van der Waals surface area contributed by atoms with Gasteiger partial charge in [0.2, 0.25) is 0 Å². The molecule has 0 spiro atoms. The standard InChI is InChI=1S/C29H58OSi3/c1-25(2,3)32(13,26(4,5)6)31(33(14,27(7,8)9)28(10,11)12)24(30)29-18-21-15-22(19-29)17-23(16-21)20-29/h21-23,30H,15-20H2,1-14H3. The van der Waals surface area contributed by atoms with E-state index >= 15 is 0 Å². The van der Waals surface area contributed by atoms with Gasteiger partial charge in [0.15, 0.2) is 0 Å². The van der Waals surface area contributed by atoms with Crippen molar-refractivity contribution in [3.63, 3.8) is 0 Å². The number of hydrogen-bond acceptors (Lipinski definition) is 1. The lowest BCUT2D eigenvalue weighted by atomic mass is 9.50. The smallest absolute Gasteiger partial charge is 0.0730 e. The van der Waals surface area contributed by atoms with Crippen LogP contribution in [0.2, 0.25) is 33.2 Å². The second-order valence-electron chi connectivity index (χ2n) is 17.2. The van der Waals surface area contributed by atoms with Crippen LogP contribution in [0, 0.1) is 23.2 Å². The van der Waals surface area contributed by atoms with E-state index in [0.29, 0.717) is 0 Å². The molecule has 4 bridgehead atoms. The molecule has 0 saturated heterocycles. The zero-order valence-corrected chi connectivity index (χ0v) is 27.9. The molecule has 4 heteroatoms. The fraction of sp³-hybridized carbons (Fsp3) is 0.966. The number of aliphatic hydroxyl groups is 1. The van der Waals surface area contributed by atoms with Crippen LogP contribution >= 0.6 is 0 Å². The average Bonchev–Trinajstić information content (AvgIpc) is 2.56. The molecule has 1 N–H and O–H groups in total. The van der Waals surface area contributed by atoms with E-state index in [4.69, 9.17) is 0 Å². The van der Waals surface area contributed by atoms with Gasteiger partial charge in [-0.3, -0.25) is 0 Å². The normalized spacial score (nSPS) is 31.2. The summed E-state index contributed by atoms with van der Waals surface area (Å²) in [4.78, 5) is 0. The topological polar surface area (TPSA) is 20.2 Å². The monoisotopic (exact) mass is 506 g/mol. The van der Waals surface area contributed by atoms with Gasteiger partial charge in [-0.15, -0.1) is 0 Å². The number of hydrogen-bond donors (Lipinski definition) is 1. The van der Waals surface area contributed by atoms with Gasteiger partial charge < -0.3 is 5.11 Å². The molecular weight excluding hydrogens is 449 g/mol. The molecular formula is C29H58OSi3. The minimum Gasteiger partial charge on any atom is -0.518 e. The molecule has 0 aromatic heterocycles. The summed E-state index contributed by atoms with van der Waals surface area (Å²) < 4.78 is 0. The predicted molar refractivity (Wildman–Crippen MR) is 155 cm³/mol. The lowest BCUT2D eigenvalue weighted by Gasteiger charge is -2.63. The second-order valence-corrected chi connectivity index (χ2v) is 39.4. The highest BCUT2D eigenvalue weighted by Crippen LogP contribution is 2.63. The van der Waals surface area contributed by atoms with Crippen molar-refractivity contribution in [3.8, 4) is 0 Å². The Kier molecular flexibility index (Phi) is 6.69. The first-order valence-electron chi connectivity index (χ1n) is 14.0. The van der Waals surface area contributed by atoms with E-state index < -0.39 is 22.6 Å². The van der Waals surface area contributed by atoms with Gasteiger partial charge in [-0.05, 0) is 76.4 Å². The molecule has 0 heterocycles. The molecule has 4 rings (SSSR count). The van der Waals surface area contributed by atoms with Crippen LogP contribution in [0.4, 0.5) is 0 Å². The minimum atomic E-state index is -1.98. The van der Waals surface area contributed by atoms with Crippen molar-refractivity contribution >= 4 is 28.0 Å². The van der Waals surface area contributed by atoms with E-state index in [0.717, 1.165) is 23.1 Å². The first-order chi connectivity index (χ1) is 14.5. The Morgan fingerprint density at radius 2 is 0.848 bits per heavy atom. The van der Waals surface area contributed by atoms with Crippen LogP contribution in [0.3, 0.4) is 0 Å². The van der Waals surface area contributed by atoms with E-state index in [-0.39, 0.29) is 25.6 Å². The Labute approximate surface area is 210 Å². The van der Waals surface area contributed by atoms with E-state index in [1.165, 1.54) is 38.5 Å². The van der Waals surface area contributed by atoms with Gasteiger partial charge in [0, 0.05) is 12.9 Å². The van der Waals surface area contributed by atoms with Crippen LogP contribution < -0.4 is 0 Å². The van der Waals surface area contributed by atoms with Crippen molar-refractivity contribution in [2.75, 3.05) is 0 Å². The molecule has 0 aromatic rings. The highest BCUT2D eigenvalue weighted by Gasteiger charge is 2.66. The highest BCUT2D eigenvalue weighted by molar-refractivity contribution is 7.63. The lowest BCUT2D eigenvalue weighted by molar-refractivity contribution is -0.0189. The molecule has 0 radical (unpaired) electrons. The number of rotatable bonds is 3. The largest absolute Gasteiger partial charge is 0.518 e. The third-order valence-corrected chi connectivity index (χ3v) is 52.2. The average molecular weight is 507 g/mol. The van der Waals surface area contributed by atoms with Crippen molar-refractivity contribution in [1.29, 1.82) is 0 Å². The molecule has 1 nitrogen and oxygen atoms in total. The zero-order valence-electron chi connectivity index (χ0n) is 24.9. The van der Waals surface area contributed by atoms with Crippen LogP contribution in [0.15, 0.2) is 0 Å². The maximum Gasteiger partial charge on any atom is 0.0730 e. The third-order valence-electron chi connectivity index (χ3n) is 11.8. The van der Waals surface area contributed by atoms with Crippen molar-refractivity contribution in [1.82, 2.24) is 0 Å². The second kappa shape index (κ2) is 7.91. The number of aliphatic hydroxyl groups excluding tert-OH is 1. The molecule has 192 valence electrons. The fourth-order valence-corrected chi connectivity index (χ4v) is 58.6. The van der Waals surface area contributed by atoms with Gasteiger partial charge in [-0.25, -0.2) is 0 Å². The van der Waals surface area contributed by atoms with E-state index in [9.17, 15) is 5.11 Å². The third kappa shape index (κ3) is 4.08. The summed E-state index contributed by atoms with van der Waals surface area (Å²) >= 11 is 0. The van der Waals surface area contributed by atoms with Gasteiger partial charge in [0.25, 0.3) is 0 Å². The molecule has 0 aliphatic heterocycles. The molecule has 0 aromatic carbocycles. The fourth-order valence-electron chi connectivity index (χ4n) is 9.39. The molecule has 0 amide bonds. The SMILES string of the molecule is CC(C)(C)[Si](C)([Si](=C(O)C12CC3CC(CC(C3)C1)C2)[Si](C)(C(C)(C)C)C(C)(C)C)C(C)(C)C. The first kappa shape index (κ1) is 27.9. The maximum absolute atomic E-state index is 13.0. The van der Waals surface area contributed by atoms with E-state index in [1.54, 1.807) is 0 Å². The summed E-state index contributed by atoms with van der Waals surface area (Å²) in [5.41, 5.74) is 0.151. The lowest BCUT2D eigenvalue weighted by Crippen LogP contribution is -2.75. The van der Waals surface area contributed by atoms with E-state index in [2.05, 4.69) is 96.2 Å². The quantitative estimate of drug-likeness (QED) is 0.378. The summed E-state index contributed by atoms with van der Waals surface area (Å²) in [7, 11) is -5.09. The minimum absolute atomic E-state index is 0.151. The highest BCUT2D eigenvalue weighted by atomic mass is 29.6. The maximum atomic E-state index is 13.0. The van der Waals surface area contributed by atoms with Crippen LogP contribution in [-0.4, -0.2) is 33.1 Å². The molecule has 4 aliphatic carbocycles. The zero-order chi connectivity index (χ0) is 25.6. The molecule has 4 fully saturated rings. The summed E-state index contributed by atoms with van der Waals surface area (Å²) in [6.07, 6.45) is 8.27. The van der Waals surface area contributed by atoms with Crippen molar-refractivity contribution in [2.45, 2.75) is 155 Å². The summed E-state index contributed by atoms with van der Waals surface area (Å²) in [5, 5.41) is 15.2. The molecule has 33 heavy (non-hydrogen) atoms. The van der Waals surface area contributed by atoms with Gasteiger partial charge in [0.05, 0.1) is 20.5 Å². The summed E-state index contributed by atoms with van der Waals surface area (Å²) in [6.45, 7) is 36.0. The Morgan fingerprint density at radius 3 is 1.06 bits per heavy atom. The molecule has 0 unspecified atom stereocenters.